The summed E-state index contributed by atoms with van der Waals surface area (Å²) >= 11 is 4.80. The second kappa shape index (κ2) is 5.57. The van der Waals surface area contributed by atoms with Gasteiger partial charge in [0.2, 0.25) is 0 Å². The molecule has 4 heteroatoms. The Balaban J connectivity index is 2.72. The largest absolute Gasteiger partial charge is 0.382 e. The van der Waals surface area contributed by atoms with E-state index < -0.39 is 0 Å². The molecule has 1 atom stereocenters. The maximum absolute atomic E-state index is 5.43. The highest BCUT2D eigenvalue weighted by atomic mass is 32.1. The molecule has 0 saturated heterocycles. The molecule has 0 saturated carbocycles. The number of nitrogens with two attached hydrogens (primary N) is 1. The minimum Gasteiger partial charge on any atom is -0.382 e. The normalized spacial score (nSPS) is 12.1. The van der Waals surface area contributed by atoms with Crippen LogP contribution in [0, 0.1) is 0 Å². The summed E-state index contributed by atoms with van der Waals surface area (Å²) in [5.41, 5.74) is 6.54. The molecule has 0 spiro atoms. The lowest BCUT2D eigenvalue weighted by molar-refractivity contribution is 0.174. The van der Waals surface area contributed by atoms with Gasteiger partial charge < -0.3 is 15.8 Å². The third-order valence-electron chi connectivity index (χ3n) is 1.85. The molecule has 1 aromatic rings. The van der Waals surface area contributed by atoms with Gasteiger partial charge in [-0.3, -0.25) is 0 Å². The second-order valence-electron chi connectivity index (χ2n) is 2.93. The molecule has 0 bridgehead atoms. The molecule has 1 rings (SSSR count). The van der Waals surface area contributed by atoms with Crippen LogP contribution in [-0.2, 0) is 4.74 Å². The Morgan fingerprint density at radius 1 is 1.50 bits per heavy atom. The molecule has 14 heavy (non-hydrogen) atoms. The molecule has 0 amide bonds. The number of ether oxygens (including phenoxy) is 1. The van der Waals surface area contributed by atoms with Gasteiger partial charge in [0.25, 0.3) is 0 Å². The third-order valence-corrected chi connectivity index (χ3v) is 1.97. The molecule has 3 N–H and O–H groups in total. The smallest absolute Gasteiger partial charge is 0.164 e. The molecule has 3 nitrogen and oxygen atoms in total. The number of hydrogen-bond donors (Lipinski definition) is 2. The monoisotopic (exact) mass is 210 g/mol. The first-order valence-electron chi connectivity index (χ1n) is 4.34. The van der Waals surface area contributed by atoms with Crippen LogP contribution in [0.1, 0.15) is 11.6 Å². The fraction of sp³-hybridized carbons (Fsp3) is 0.300. The molecule has 0 aliphatic carbocycles. The van der Waals surface area contributed by atoms with E-state index in [-0.39, 0.29) is 11.2 Å². The van der Waals surface area contributed by atoms with Crippen molar-refractivity contribution < 1.29 is 4.74 Å². The summed E-state index contributed by atoms with van der Waals surface area (Å²) < 4.78 is 5.08. The summed E-state index contributed by atoms with van der Waals surface area (Å²) in [4.78, 5) is 0. The molecular formula is C10H14N2OS. The predicted octanol–water partition coefficient (Wildman–Crippen LogP) is 1.21. The Morgan fingerprint density at radius 2 is 2.14 bits per heavy atom. The molecule has 0 aliphatic heterocycles. The van der Waals surface area contributed by atoms with Crippen LogP contribution in [-0.4, -0.2) is 18.8 Å². The minimum atomic E-state index is 0.0266. The molecule has 0 aromatic heterocycles. The Kier molecular flexibility index (Phi) is 4.35. The number of nitrogens with one attached hydrogen (secondary N) is 1. The van der Waals surface area contributed by atoms with Gasteiger partial charge in [-0.2, -0.15) is 0 Å². The van der Waals surface area contributed by atoms with E-state index in [2.05, 4.69) is 5.32 Å². The van der Waals surface area contributed by atoms with Gasteiger partial charge in [0.05, 0.1) is 12.6 Å². The van der Waals surface area contributed by atoms with Gasteiger partial charge >= 0.3 is 0 Å². The predicted molar refractivity (Wildman–Crippen MR) is 61.0 cm³/mol. The Labute approximate surface area is 89.3 Å². The first-order valence-corrected chi connectivity index (χ1v) is 4.74. The summed E-state index contributed by atoms with van der Waals surface area (Å²) in [6.07, 6.45) is 0. The van der Waals surface area contributed by atoms with Gasteiger partial charge in [-0.15, -0.1) is 0 Å². The average Bonchev–Trinajstić information content (AvgIpc) is 2.18. The highest BCUT2D eigenvalue weighted by molar-refractivity contribution is 7.80. The molecule has 0 fully saturated rings. The summed E-state index contributed by atoms with van der Waals surface area (Å²) in [6, 6.07) is 9.95. The highest BCUT2D eigenvalue weighted by Gasteiger charge is 2.10. The average molecular weight is 210 g/mol. The first-order chi connectivity index (χ1) is 6.74. The Morgan fingerprint density at radius 3 is 2.64 bits per heavy atom. The van der Waals surface area contributed by atoms with E-state index >= 15 is 0 Å². The third kappa shape index (κ3) is 3.32. The molecule has 0 radical (unpaired) electrons. The molecular weight excluding hydrogens is 196 g/mol. The van der Waals surface area contributed by atoms with Gasteiger partial charge in [-0.25, -0.2) is 0 Å². The topological polar surface area (TPSA) is 47.3 Å². The van der Waals surface area contributed by atoms with Crippen molar-refractivity contribution in [3.05, 3.63) is 35.9 Å². The van der Waals surface area contributed by atoms with E-state index in [1.807, 2.05) is 30.3 Å². The van der Waals surface area contributed by atoms with Crippen LogP contribution in [0.15, 0.2) is 30.3 Å². The van der Waals surface area contributed by atoms with Gasteiger partial charge in [-0.05, 0) is 17.8 Å². The summed E-state index contributed by atoms with van der Waals surface area (Å²) in [6.45, 7) is 0.543. The fourth-order valence-corrected chi connectivity index (χ4v) is 1.39. The van der Waals surface area contributed by atoms with Gasteiger partial charge in [-0.1, -0.05) is 30.3 Å². The summed E-state index contributed by atoms with van der Waals surface area (Å²) in [5, 5.41) is 3.27. The Bertz CT molecular complexity index is 289. The number of benzene rings is 1. The summed E-state index contributed by atoms with van der Waals surface area (Å²) in [5.74, 6) is 0. The first kappa shape index (κ1) is 10.9. The lowest BCUT2D eigenvalue weighted by atomic mass is 10.1. The van der Waals surface area contributed by atoms with Crippen LogP contribution in [0.4, 0.5) is 0 Å². The van der Waals surface area contributed by atoms with Crippen molar-refractivity contribution >= 4 is 17.3 Å². The van der Waals surface area contributed by atoms with Crippen LogP contribution < -0.4 is 11.1 Å². The van der Waals surface area contributed by atoms with Crippen LogP contribution >= 0.6 is 12.2 Å². The van der Waals surface area contributed by atoms with Crippen molar-refractivity contribution in [1.82, 2.24) is 5.32 Å². The number of hydrogen-bond acceptors (Lipinski definition) is 2. The van der Waals surface area contributed by atoms with Crippen LogP contribution in [0.3, 0.4) is 0 Å². The van der Waals surface area contributed by atoms with Crippen molar-refractivity contribution in [2.24, 2.45) is 5.73 Å². The maximum Gasteiger partial charge on any atom is 0.164 e. The van der Waals surface area contributed by atoms with Crippen molar-refractivity contribution in [3.63, 3.8) is 0 Å². The van der Waals surface area contributed by atoms with Crippen molar-refractivity contribution in [1.29, 1.82) is 0 Å². The quantitative estimate of drug-likeness (QED) is 0.733. The van der Waals surface area contributed by atoms with Crippen LogP contribution in [0.5, 0.6) is 0 Å². The number of rotatable bonds is 4. The minimum absolute atomic E-state index is 0.0266. The molecule has 76 valence electrons. The second-order valence-corrected chi connectivity index (χ2v) is 3.37. The molecule has 0 heterocycles. The van der Waals surface area contributed by atoms with E-state index in [0.717, 1.165) is 5.56 Å². The zero-order chi connectivity index (χ0) is 10.4. The molecule has 0 aliphatic rings. The van der Waals surface area contributed by atoms with E-state index in [4.69, 9.17) is 22.7 Å². The van der Waals surface area contributed by atoms with E-state index in [9.17, 15) is 0 Å². The van der Waals surface area contributed by atoms with E-state index in [1.54, 1.807) is 7.11 Å². The summed E-state index contributed by atoms with van der Waals surface area (Å²) in [7, 11) is 1.65. The van der Waals surface area contributed by atoms with E-state index in [0.29, 0.717) is 6.61 Å². The maximum atomic E-state index is 5.43. The van der Waals surface area contributed by atoms with Gasteiger partial charge in [0, 0.05) is 7.11 Å². The lowest BCUT2D eigenvalue weighted by Gasteiger charge is -2.18. The van der Waals surface area contributed by atoms with Crippen LogP contribution in [0.2, 0.25) is 0 Å². The van der Waals surface area contributed by atoms with E-state index in [1.165, 1.54) is 0 Å². The fourth-order valence-electron chi connectivity index (χ4n) is 1.24. The highest BCUT2D eigenvalue weighted by Crippen LogP contribution is 2.11. The zero-order valence-electron chi connectivity index (χ0n) is 8.07. The van der Waals surface area contributed by atoms with Crippen LogP contribution in [0.25, 0.3) is 0 Å². The van der Waals surface area contributed by atoms with Gasteiger partial charge in [0.1, 0.15) is 0 Å². The molecule has 0 unspecified atom stereocenters. The standard InChI is InChI=1S/C10H14N2OS/c1-13-7-9(12-10(11)14)8-5-3-2-4-6-8/h2-6,9H,7H2,1H3,(H3,11,12,14)/t9-/m0/s1. The van der Waals surface area contributed by atoms with Crippen molar-refractivity contribution in [3.8, 4) is 0 Å². The number of methoxy groups -OCH3 is 1. The zero-order valence-corrected chi connectivity index (χ0v) is 8.88. The SMILES string of the molecule is COC[C@H](NC(N)=S)c1ccccc1. The van der Waals surface area contributed by atoms with Crippen molar-refractivity contribution in [2.45, 2.75) is 6.04 Å². The van der Waals surface area contributed by atoms with Gasteiger partial charge in [0.15, 0.2) is 5.11 Å². The lowest BCUT2D eigenvalue weighted by Crippen LogP contribution is -2.35. The number of thiocarbonyl (C=S) groups is 1. The Hall–Kier alpha value is -1.13. The molecule has 1 aromatic carbocycles. The van der Waals surface area contributed by atoms with Crippen molar-refractivity contribution in [2.75, 3.05) is 13.7 Å².